The van der Waals surface area contributed by atoms with Crippen molar-refractivity contribution in [3.8, 4) is 0 Å². The molecule has 0 aliphatic rings. The van der Waals surface area contributed by atoms with Gasteiger partial charge in [-0.25, -0.2) is 13.1 Å². The maximum atomic E-state index is 11.9. The first kappa shape index (κ1) is 13.5. The molecule has 0 atom stereocenters. The quantitative estimate of drug-likeness (QED) is 0.806. The van der Waals surface area contributed by atoms with Crippen LogP contribution in [-0.4, -0.2) is 13.4 Å². The number of pyridine rings is 1. The zero-order chi connectivity index (χ0) is 13.7. The van der Waals surface area contributed by atoms with Crippen LogP contribution in [0.2, 0.25) is 0 Å². The van der Waals surface area contributed by atoms with Crippen molar-refractivity contribution in [1.29, 1.82) is 0 Å². The third kappa shape index (κ3) is 4.35. The number of benzene rings is 1. The van der Waals surface area contributed by atoms with Crippen molar-refractivity contribution in [3.63, 3.8) is 0 Å². The molecule has 3 N–H and O–H groups in total. The highest BCUT2D eigenvalue weighted by molar-refractivity contribution is 7.88. The SMILES string of the molecule is Nc1cccc(CS(=O)(=O)NCc2cccnc2)c1. The molecule has 0 amide bonds. The Morgan fingerprint density at radius 2 is 1.95 bits per heavy atom. The van der Waals surface area contributed by atoms with Crippen molar-refractivity contribution in [2.24, 2.45) is 0 Å². The van der Waals surface area contributed by atoms with Crippen LogP contribution in [0, 0.1) is 0 Å². The highest BCUT2D eigenvalue weighted by Gasteiger charge is 2.11. The third-order valence-electron chi connectivity index (χ3n) is 2.53. The summed E-state index contributed by atoms with van der Waals surface area (Å²) < 4.78 is 26.4. The van der Waals surface area contributed by atoms with Crippen LogP contribution in [0.15, 0.2) is 48.8 Å². The lowest BCUT2D eigenvalue weighted by Crippen LogP contribution is -2.24. The highest BCUT2D eigenvalue weighted by Crippen LogP contribution is 2.10. The molecule has 0 aliphatic heterocycles. The number of sulfonamides is 1. The summed E-state index contributed by atoms with van der Waals surface area (Å²) in [6.07, 6.45) is 3.27. The second-order valence-electron chi connectivity index (χ2n) is 4.19. The van der Waals surface area contributed by atoms with Gasteiger partial charge >= 0.3 is 0 Å². The molecule has 5 nitrogen and oxygen atoms in total. The molecule has 0 aliphatic carbocycles. The number of nitrogen functional groups attached to an aromatic ring is 1. The van der Waals surface area contributed by atoms with Crippen molar-refractivity contribution >= 4 is 15.7 Å². The van der Waals surface area contributed by atoms with E-state index in [0.717, 1.165) is 5.56 Å². The van der Waals surface area contributed by atoms with Crippen LogP contribution < -0.4 is 10.5 Å². The van der Waals surface area contributed by atoms with Crippen molar-refractivity contribution in [3.05, 3.63) is 59.9 Å². The molecular weight excluding hydrogens is 262 g/mol. The summed E-state index contributed by atoms with van der Waals surface area (Å²) in [5, 5.41) is 0. The van der Waals surface area contributed by atoms with Gasteiger partial charge in [-0.3, -0.25) is 4.98 Å². The summed E-state index contributed by atoms with van der Waals surface area (Å²) in [6.45, 7) is 0.235. The van der Waals surface area contributed by atoms with Gasteiger partial charge < -0.3 is 5.73 Å². The van der Waals surface area contributed by atoms with Gasteiger partial charge in [0.2, 0.25) is 10.0 Å². The number of rotatable bonds is 5. The average molecular weight is 277 g/mol. The Labute approximate surface area is 112 Å². The van der Waals surface area contributed by atoms with Crippen LogP contribution in [0.25, 0.3) is 0 Å². The van der Waals surface area contributed by atoms with Crippen molar-refractivity contribution in [2.45, 2.75) is 12.3 Å². The van der Waals surface area contributed by atoms with E-state index >= 15 is 0 Å². The molecule has 1 aromatic heterocycles. The Hall–Kier alpha value is -1.92. The molecule has 100 valence electrons. The maximum absolute atomic E-state index is 11.9. The number of hydrogen-bond donors (Lipinski definition) is 2. The largest absolute Gasteiger partial charge is 0.399 e. The summed E-state index contributed by atoms with van der Waals surface area (Å²) in [7, 11) is -3.38. The summed E-state index contributed by atoms with van der Waals surface area (Å²) in [5.74, 6) is -0.0850. The molecule has 19 heavy (non-hydrogen) atoms. The smallest absolute Gasteiger partial charge is 0.216 e. The molecule has 1 heterocycles. The molecule has 0 radical (unpaired) electrons. The maximum Gasteiger partial charge on any atom is 0.216 e. The first-order chi connectivity index (χ1) is 9.05. The van der Waals surface area contributed by atoms with Gasteiger partial charge in [0.05, 0.1) is 5.75 Å². The average Bonchev–Trinajstić information content (AvgIpc) is 2.37. The van der Waals surface area contributed by atoms with E-state index in [2.05, 4.69) is 9.71 Å². The standard InChI is InChI=1S/C13H15N3O2S/c14-13-5-1-3-11(7-13)10-19(17,18)16-9-12-4-2-6-15-8-12/h1-8,16H,9-10,14H2. The summed E-state index contributed by atoms with van der Waals surface area (Å²) in [6, 6.07) is 10.4. The molecule has 0 unspecified atom stereocenters. The van der Waals surface area contributed by atoms with Gasteiger partial charge in [0, 0.05) is 24.6 Å². The number of nitrogens with one attached hydrogen (secondary N) is 1. The van der Waals surface area contributed by atoms with Crippen molar-refractivity contribution in [1.82, 2.24) is 9.71 Å². The lowest BCUT2D eigenvalue weighted by Gasteiger charge is -2.07. The predicted octanol–water partition coefficient (Wildman–Crippen LogP) is 1.28. The number of hydrogen-bond acceptors (Lipinski definition) is 4. The van der Waals surface area contributed by atoms with Gasteiger partial charge in [-0.15, -0.1) is 0 Å². The van der Waals surface area contributed by atoms with Crippen LogP contribution in [0.3, 0.4) is 0 Å². The van der Waals surface area contributed by atoms with E-state index in [0.29, 0.717) is 11.3 Å². The summed E-state index contributed by atoms with van der Waals surface area (Å²) in [5.41, 5.74) is 7.66. The van der Waals surface area contributed by atoms with Crippen LogP contribution in [-0.2, 0) is 22.3 Å². The molecule has 0 saturated heterocycles. The zero-order valence-corrected chi connectivity index (χ0v) is 11.1. The van der Waals surface area contributed by atoms with E-state index in [1.165, 1.54) is 0 Å². The zero-order valence-electron chi connectivity index (χ0n) is 10.3. The Bertz CT molecular complexity index is 642. The minimum atomic E-state index is -3.38. The van der Waals surface area contributed by atoms with Gasteiger partial charge in [-0.05, 0) is 29.3 Å². The fourth-order valence-corrected chi connectivity index (χ4v) is 2.76. The summed E-state index contributed by atoms with van der Waals surface area (Å²) >= 11 is 0. The fraction of sp³-hybridized carbons (Fsp3) is 0.154. The Morgan fingerprint density at radius 3 is 2.63 bits per heavy atom. The second-order valence-corrected chi connectivity index (χ2v) is 5.99. The van der Waals surface area contributed by atoms with E-state index in [1.54, 1.807) is 42.7 Å². The normalized spacial score (nSPS) is 11.4. The first-order valence-electron chi connectivity index (χ1n) is 5.76. The molecule has 0 fully saturated rings. The molecule has 0 saturated carbocycles. The van der Waals surface area contributed by atoms with Crippen LogP contribution >= 0.6 is 0 Å². The van der Waals surface area contributed by atoms with E-state index < -0.39 is 10.0 Å². The third-order valence-corrected chi connectivity index (χ3v) is 3.82. The lowest BCUT2D eigenvalue weighted by molar-refractivity contribution is 0.580. The molecule has 2 rings (SSSR count). The molecular formula is C13H15N3O2S. The monoisotopic (exact) mass is 277 g/mol. The molecule has 0 bridgehead atoms. The molecule has 6 heteroatoms. The van der Waals surface area contributed by atoms with E-state index in [-0.39, 0.29) is 12.3 Å². The minimum Gasteiger partial charge on any atom is -0.399 e. The van der Waals surface area contributed by atoms with Gasteiger partial charge in [0.25, 0.3) is 0 Å². The van der Waals surface area contributed by atoms with Crippen molar-refractivity contribution < 1.29 is 8.42 Å². The van der Waals surface area contributed by atoms with Crippen LogP contribution in [0.4, 0.5) is 5.69 Å². The number of nitrogens with two attached hydrogens (primary N) is 1. The van der Waals surface area contributed by atoms with Crippen molar-refractivity contribution in [2.75, 3.05) is 5.73 Å². The minimum absolute atomic E-state index is 0.0850. The van der Waals surface area contributed by atoms with Gasteiger partial charge in [-0.2, -0.15) is 0 Å². The number of anilines is 1. The first-order valence-corrected chi connectivity index (χ1v) is 7.41. The number of aromatic nitrogens is 1. The number of nitrogens with zero attached hydrogens (tertiary/aromatic N) is 1. The second kappa shape index (κ2) is 5.81. The molecule has 1 aromatic carbocycles. The van der Waals surface area contributed by atoms with E-state index in [1.807, 2.05) is 6.07 Å². The topological polar surface area (TPSA) is 85.1 Å². The Morgan fingerprint density at radius 1 is 1.16 bits per heavy atom. The van der Waals surface area contributed by atoms with Crippen LogP contribution in [0.5, 0.6) is 0 Å². The predicted molar refractivity (Wildman–Crippen MR) is 74.6 cm³/mol. The lowest BCUT2D eigenvalue weighted by atomic mass is 10.2. The van der Waals surface area contributed by atoms with Gasteiger partial charge in [-0.1, -0.05) is 18.2 Å². The Balaban J connectivity index is 1.99. The molecule has 0 spiro atoms. The van der Waals surface area contributed by atoms with E-state index in [4.69, 9.17) is 5.73 Å². The van der Waals surface area contributed by atoms with Gasteiger partial charge in [0.1, 0.15) is 0 Å². The fourth-order valence-electron chi connectivity index (χ4n) is 1.65. The summed E-state index contributed by atoms with van der Waals surface area (Å²) in [4.78, 5) is 3.93. The van der Waals surface area contributed by atoms with Crippen LogP contribution in [0.1, 0.15) is 11.1 Å². The highest BCUT2D eigenvalue weighted by atomic mass is 32.2. The van der Waals surface area contributed by atoms with Gasteiger partial charge in [0.15, 0.2) is 0 Å². The Kier molecular flexibility index (Phi) is 4.13. The molecule has 2 aromatic rings. The van der Waals surface area contributed by atoms with E-state index in [9.17, 15) is 8.42 Å².